The van der Waals surface area contributed by atoms with Crippen molar-refractivity contribution in [2.45, 2.75) is 12.6 Å². The van der Waals surface area contributed by atoms with Crippen LogP contribution >= 0.6 is 0 Å². The van der Waals surface area contributed by atoms with E-state index in [2.05, 4.69) is 10.3 Å². The molecule has 0 spiro atoms. The molecule has 1 saturated heterocycles. The van der Waals surface area contributed by atoms with Crippen LogP contribution in [0.5, 0.6) is 0 Å². The maximum absolute atomic E-state index is 12.3. The Labute approximate surface area is 133 Å². The van der Waals surface area contributed by atoms with Crippen LogP contribution in [-0.2, 0) is 0 Å². The number of aromatic nitrogens is 1. The second-order valence-corrected chi connectivity index (χ2v) is 6.01. The van der Waals surface area contributed by atoms with Crippen molar-refractivity contribution in [2.24, 2.45) is 5.92 Å². The van der Waals surface area contributed by atoms with Crippen LogP contribution < -0.4 is 10.2 Å². The Kier molecular flexibility index (Phi) is 5.46. The van der Waals surface area contributed by atoms with Gasteiger partial charge in [0.1, 0.15) is 5.82 Å². The van der Waals surface area contributed by atoms with Gasteiger partial charge < -0.3 is 10.2 Å². The van der Waals surface area contributed by atoms with Crippen molar-refractivity contribution in [3.8, 4) is 0 Å². The normalized spacial score (nSPS) is 18.9. The Morgan fingerprint density at radius 3 is 2.74 bits per heavy atom. The standard InChI is InChI=1S/C15H21F3N4O/c1-21(2)13-4-3-12(8-19-13)14(23)20-7-11-5-6-22(9-11)10-15(16,17)18/h3-4,8,11H,5-7,9-10H2,1-2H3,(H,20,23)/t11-/m1/s1. The molecule has 1 aliphatic heterocycles. The largest absolute Gasteiger partial charge is 0.401 e. The van der Waals surface area contributed by atoms with Gasteiger partial charge in [0.15, 0.2) is 0 Å². The molecule has 0 unspecified atom stereocenters. The van der Waals surface area contributed by atoms with Gasteiger partial charge in [-0.2, -0.15) is 13.2 Å². The first-order chi connectivity index (χ1) is 10.7. The molecule has 128 valence electrons. The first kappa shape index (κ1) is 17.5. The van der Waals surface area contributed by atoms with Gasteiger partial charge in [0.2, 0.25) is 0 Å². The monoisotopic (exact) mass is 330 g/mol. The number of hydrogen-bond donors (Lipinski definition) is 1. The lowest BCUT2D eigenvalue weighted by Crippen LogP contribution is -2.34. The van der Waals surface area contributed by atoms with Crippen molar-refractivity contribution in [1.29, 1.82) is 0 Å². The SMILES string of the molecule is CN(C)c1ccc(C(=O)NC[C@H]2CCN(CC(F)(F)F)C2)cn1. The Morgan fingerprint density at radius 1 is 1.43 bits per heavy atom. The molecular formula is C15H21F3N4O. The number of carbonyl (C=O) groups excluding carboxylic acids is 1. The quantitative estimate of drug-likeness (QED) is 0.894. The molecule has 0 bridgehead atoms. The van der Waals surface area contributed by atoms with Gasteiger partial charge in [-0.05, 0) is 31.0 Å². The number of hydrogen-bond acceptors (Lipinski definition) is 4. The highest BCUT2D eigenvalue weighted by Crippen LogP contribution is 2.22. The highest BCUT2D eigenvalue weighted by Gasteiger charge is 2.34. The fraction of sp³-hybridized carbons (Fsp3) is 0.600. The van der Waals surface area contributed by atoms with Crippen molar-refractivity contribution in [3.05, 3.63) is 23.9 Å². The molecule has 5 nitrogen and oxygen atoms in total. The molecular weight excluding hydrogens is 309 g/mol. The third-order valence-corrected chi connectivity index (χ3v) is 3.79. The van der Waals surface area contributed by atoms with E-state index in [1.165, 1.54) is 11.1 Å². The molecule has 1 N–H and O–H groups in total. The summed E-state index contributed by atoms with van der Waals surface area (Å²) in [5, 5.41) is 2.77. The first-order valence-corrected chi connectivity index (χ1v) is 7.45. The average Bonchev–Trinajstić information content (AvgIpc) is 2.90. The third kappa shape index (κ3) is 5.38. The van der Waals surface area contributed by atoms with Crippen molar-refractivity contribution in [3.63, 3.8) is 0 Å². The van der Waals surface area contributed by atoms with Gasteiger partial charge in [-0.3, -0.25) is 9.69 Å². The fourth-order valence-electron chi connectivity index (χ4n) is 2.60. The summed E-state index contributed by atoms with van der Waals surface area (Å²) in [6.45, 7) is 0.271. The van der Waals surface area contributed by atoms with Crippen molar-refractivity contribution in [2.75, 3.05) is 45.2 Å². The molecule has 1 fully saturated rings. The number of halogens is 3. The van der Waals surface area contributed by atoms with Gasteiger partial charge >= 0.3 is 6.18 Å². The molecule has 2 heterocycles. The zero-order valence-electron chi connectivity index (χ0n) is 13.2. The number of likely N-dealkylation sites (tertiary alicyclic amines) is 1. The summed E-state index contributed by atoms with van der Waals surface area (Å²) in [7, 11) is 3.71. The topological polar surface area (TPSA) is 48.5 Å². The number of pyridine rings is 1. The minimum Gasteiger partial charge on any atom is -0.363 e. The minimum atomic E-state index is -4.17. The summed E-state index contributed by atoms with van der Waals surface area (Å²) in [4.78, 5) is 19.4. The van der Waals surface area contributed by atoms with Crippen LogP contribution in [0.25, 0.3) is 0 Å². The number of anilines is 1. The van der Waals surface area contributed by atoms with Gasteiger partial charge in [0.05, 0.1) is 12.1 Å². The molecule has 1 atom stereocenters. The summed E-state index contributed by atoms with van der Waals surface area (Å²) in [6, 6.07) is 3.43. The molecule has 1 amide bonds. The highest BCUT2D eigenvalue weighted by molar-refractivity contribution is 5.94. The number of nitrogens with zero attached hydrogens (tertiary/aromatic N) is 3. The Morgan fingerprint density at radius 2 is 2.17 bits per heavy atom. The highest BCUT2D eigenvalue weighted by atomic mass is 19.4. The van der Waals surface area contributed by atoms with Crippen LogP contribution in [-0.4, -0.2) is 62.2 Å². The molecule has 0 saturated carbocycles. The second-order valence-electron chi connectivity index (χ2n) is 6.01. The zero-order valence-corrected chi connectivity index (χ0v) is 13.2. The van der Waals surface area contributed by atoms with Crippen LogP contribution in [0.4, 0.5) is 19.0 Å². The summed E-state index contributed by atoms with van der Waals surface area (Å²) < 4.78 is 37.0. The maximum atomic E-state index is 12.3. The summed E-state index contributed by atoms with van der Waals surface area (Å²) in [5.74, 6) is 0.549. The average molecular weight is 330 g/mol. The smallest absolute Gasteiger partial charge is 0.363 e. The lowest BCUT2D eigenvalue weighted by molar-refractivity contribution is -0.143. The lowest BCUT2D eigenvalue weighted by atomic mass is 10.1. The summed E-state index contributed by atoms with van der Waals surface area (Å²) in [5.41, 5.74) is 0.445. The number of alkyl halides is 3. The van der Waals surface area contributed by atoms with Crippen LogP contribution in [0.3, 0.4) is 0 Å². The van der Waals surface area contributed by atoms with Crippen LogP contribution in [0.15, 0.2) is 18.3 Å². The van der Waals surface area contributed by atoms with E-state index in [9.17, 15) is 18.0 Å². The maximum Gasteiger partial charge on any atom is 0.401 e. The van der Waals surface area contributed by atoms with Gasteiger partial charge in [-0.25, -0.2) is 4.98 Å². The number of nitrogens with one attached hydrogen (secondary N) is 1. The third-order valence-electron chi connectivity index (χ3n) is 3.79. The molecule has 2 rings (SSSR count). The zero-order chi connectivity index (χ0) is 17.0. The van der Waals surface area contributed by atoms with E-state index in [0.717, 1.165) is 5.82 Å². The van der Waals surface area contributed by atoms with Crippen LogP contribution in [0, 0.1) is 5.92 Å². The van der Waals surface area contributed by atoms with Crippen molar-refractivity contribution >= 4 is 11.7 Å². The number of amides is 1. The predicted molar refractivity (Wildman–Crippen MR) is 81.5 cm³/mol. The van der Waals surface area contributed by atoms with E-state index < -0.39 is 12.7 Å². The van der Waals surface area contributed by atoms with E-state index in [-0.39, 0.29) is 11.8 Å². The molecule has 8 heteroatoms. The van der Waals surface area contributed by atoms with Crippen molar-refractivity contribution in [1.82, 2.24) is 15.2 Å². The minimum absolute atomic E-state index is 0.0512. The van der Waals surface area contributed by atoms with Crippen LogP contribution in [0.2, 0.25) is 0 Å². The predicted octanol–water partition coefficient (Wildman–Crippen LogP) is 1.76. The van der Waals surface area contributed by atoms with Gasteiger partial charge in [0, 0.05) is 33.4 Å². The van der Waals surface area contributed by atoms with E-state index in [1.807, 2.05) is 19.0 Å². The number of rotatable bonds is 5. The summed E-state index contributed by atoms with van der Waals surface area (Å²) in [6.07, 6.45) is -2.01. The van der Waals surface area contributed by atoms with Gasteiger partial charge in [0.25, 0.3) is 5.91 Å². The number of carbonyl (C=O) groups is 1. The van der Waals surface area contributed by atoms with Gasteiger partial charge in [-0.15, -0.1) is 0 Å². The molecule has 0 aliphatic carbocycles. The Hall–Kier alpha value is -1.83. The Balaban J connectivity index is 1.79. The van der Waals surface area contributed by atoms with E-state index in [1.54, 1.807) is 12.1 Å². The summed E-state index contributed by atoms with van der Waals surface area (Å²) >= 11 is 0. The van der Waals surface area contributed by atoms with E-state index in [0.29, 0.717) is 31.6 Å². The second kappa shape index (κ2) is 7.16. The first-order valence-electron chi connectivity index (χ1n) is 7.45. The van der Waals surface area contributed by atoms with Crippen molar-refractivity contribution < 1.29 is 18.0 Å². The molecule has 23 heavy (non-hydrogen) atoms. The fourth-order valence-corrected chi connectivity index (χ4v) is 2.60. The van der Waals surface area contributed by atoms with E-state index >= 15 is 0 Å². The molecule has 1 aromatic heterocycles. The molecule has 1 aliphatic rings. The Bertz CT molecular complexity index is 531. The van der Waals surface area contributed by atoms with Crippen LogP contribution in [0.1, 0.15) is 16.8 Å². The molecule has 0 radical (unpaired) electrons. The van der Waals surface area contributed by atoms with E-state index in [4.69, 9.17) is 0 Å². The van der Waals surface area contributed by atoms with Gasteiger partial charge in [-0.1, -0.05) is 0 Å². The lowest BCUT2D eigenvalue weighted by Gasteiger charge is -2.18. The molecule has 0 aromatic carbocycles. The molecule has 1 aromatic rings.